The summed E-state index contributed by atoms with van der Waals surface area (Å²) in [6, 6.07) is 0. The molecule has 0 atom stereocenters. The molecule has 0 bridgehead atoms. The summed E-state index contributed by atoms with van der Waals surface area (Å²) >= 11 is 0. The lowest BCUT2D eigenvalue weighted by Crippen LogP contribution is -2.26. The van der Waals surface area contributed by atoms with Crippen molar-refractivity contribution in [2.45, 2.75) is 13.1 Å². The summed E-state index contributed by atoms with van der Waals surface area (Å²) in [6.45, 7) is 1.79. The van der Waals surface area contributed by atoms with E-state index in [9.17, 15) is 18.0 Å². The second-order valence-electron chi connectivity index (χ2n) is 3.78. The van der Waals surface area contributed by atoms with Crippen LogP contribution in [0.2, 0.25) is 0 Å². The van der Waals surface area contributed by atoms with E-state index in [0.717, 1.165) is 5.57 Å². The van der Waals surface area contributed by atoms with Crippen LogP contribution in [0.4, 0.5) is 13.2 Å². The number of halogens is 3. The van der Waals surface area contributed by atoms with Gasteiger partial charge in [0.05, 0.1) is 5.70 Å². The molecule has 2 rings (SSSR count). The summed E-state index contributed by atoms with van der Waals surface area (Å²) in [5.74, 6) is -1.39. The van der Waals surface area contributed by atoms with Gasteiger partial charge in [0.25, 0.3) is 5.78 Å². The maximum Gasteiger partial charge on any atom is 0.454 e. The lowest BCUT2D eigenvalue weighted by Gasteiger charge is -2.24. The number of carbonyl (C=O) groups is 1. The largest absolute Gasteiger partial charge is 0.454 e. The highest BCUT2D eigenvalue weighted by Crippen LogP contribution is 2.22. The first-order valence-corrected chi connectivity index (χ1v) is 5.11. The lowest BCUT2D eigenvalue weighted by molar-refractivity contribution is -0.165. The van der Waals surface area contributed by atoms with Gasteiger partial charge in [0, 0.05) is 18.5 Å². The fourth-order valence-corrected chi connectivity index (χ4v) is 1.51. The molecule has 0 unspecified atom stereocenters. The first kappa shape index (κ1) is 12.3. The predicted molar refractivity (Wildman–Crippen MR) is 60.5 cm³/mol. The molecule has 0 aromatic rings. The summed E-state index contributed by atoms with van der Waals surface area (Å²) in [5.41, 5.74) is 0.804. The standard InChI is InChI=1S/C12H9F3N2O/c1-8-3-2-5-17-6-4-9(16-11(8)17)7-10(18)12(13,14)15/h2-7H,1H3/b9-7-. The fourth-order valence-electron chi connectivity index (χ4n) is 1.51. The molecule has 0 N–H and O–H groups in total. The molecule has 0 radical (unpaired) electrons. The Morgan fingerprint density at radius 1 is 1.39 bits per heavy atom. The highest BCUT2D eigenvalue weighted by molar-refractivity contribution is 6.02. The van der Waals surface area contributed by atoms with Gasteiger partial charge in [0.2, 0.25) is 0 Å². The Hall–Kier alpha value is -2.11. The number of ketones is 1. The van der Waals surface area contributed by atoms with Crippen LogP contribution in [-0.2, 0) is 4.79 Å². The van der Waals surface area contributed by atoms with Crippen molar-refractivity contribution < 1.29 is 18.0 Å². The molecule has 2 aliphatic heterocycles. The van der Waals surface area contributed by atoms with Gasteiger partial charge in [-0.2, -0.15) is 13.2 Å². The number of carbonyl (C=O) groups excluding carboxylic acids is 1. The van der Waals surface area contributed by atoms with Crippen LogP contribution in [0.25, 0.3) is 0 Å². The van der Waals surface area contributed by atoms with Crippen LogP contribution < -0.4 is 0 Å². The van der Waals surface area contributed by atoms with E-state index in [2.05, 4.69) is 4.99 Å². The maximum absolute atomic E-state index is 12.1. The van der Waals surface area contributed by atoms with Crippen molar-refractivity contribution in [1.82, 2.24) is 4.90 Å². The van der Waals surface area contributed by atoms with Gasteiger partial charge >= 0.3 is 6.18 Å². The summed E-state index contributed by atoms with van der Waals surface area (Å²) < 4.78 is 36.3. The summed E-state index contributed by atoms with van der Waals surface area (Å²) in [4.78, 5) is 16.5. The Balaban J connectivity index is 2.29. The third-order valence-corrected chi connectivity index (χ3v) is 2.39. The van der Waals surface area contributed by atoms with Gasteiger partial charge in [0.1, 0.15) is 5.84 Å². The number of nitrogens with zero attached hydrogens (tertiary/aromatic N) is 2. The molecule has 2 aliphatic rings. The molecule has 0 saturated carbocycles. The monoisotopic (exact) mass is 254 g/mol. The second-order valence-corrected chi connectivity index (χ2v) is 3.78. The second kappa shape index (κ2) is 4.29. The Morgan fingerprint density at radius 3 is 2.78 bits per heavy atom. The van der Waals surface area contributed by atoms with E-state index in [4.69, 9.17) is 0 Å². The molecule has 0 saturated heterocycles. The third kappa shape index (κ3) is 2.42. The van der Waals surface area contributed by atoms with Gasteiger partial charge in [-0.25, -0.2) is 4.99 Å². The molecule has 2 heterocycles. The molecule has 0 amide bonds. The first-order chi connectivity index (χ1) is 8.38. The Kier molecular flexibility index (Phi) is 2.94. The molecular formula is C12H9F3N2O. The van der Waals surface area contributed by atoms with Crippen LogP contribution in [0, 0.1) is 0 Å². The zero-order chi connectivity index (χ0) is 13.3. The maximum atomic E-state index is 12.1. The van der Waals surface area contributed by atoms with Crippen LogP contribution in [0.5, 0.6) is 0 Å². The fraction of sp³-hybridized carbons (Fsp3) is 0.167. The lowest BCUT2D eigenvalue weighted by atomic mass is 10.1. The van der Waals surface area contributed by atoms with Gasteiger partial charge in [-0.3, -0.25) is 4.79 Å². The van der Waals surface area contributed by atoms with E-state index < -0.39 is 12.0 Å². The summed E-state index contributed by atoms with van der Waals surface area (Å²) in [7, 11) is 0. The van der Waals surface area contributed by atoms with Crippen molar-refractivity contribution in [3.8, 4) is 0 Å². The minimum Gasteiger partial charge on any atom is -0.308 e. The van der Waals surface area contributed by atoms with Gasteiger partial charge in [-0.15, -0.1) is 0 Å². The number of aliphatic imine (C=N–C) groups is 1. The average Bonchev–Trinajstić information content (AvgIpc) is 2.29. The number of hydrogen-bond acceptors (Lipinski definition) is 3. The number of alkyl halides is 3. The van der Waals surface area contributed by atoms with Crippen molar-refractivity contribution in [3.05, 3.63) is 48.0 Å². The van der Waals surface area contributed by atoms with E-state index in [1.54, 1.807) is 36.4 Å². The molecule has 3 nitrogen and oxygen atoms in total. The first-order valence-electron chi connectivity index (χ1n) is 5.11. The van der Waals surface area contributed by atoms with E-state index in [1.165, 1.54) is 6.08 Å². The minimum absolute atomic E-state index is 0.00775. The minimum atomic E-state index is -4.87. The van der Waals surface area contributed by atoms with Crippen LogP contribution in [0.15, 0.2) is 53.0 Å². The highest BCUT2D eigenvalue weighted by atomic mass is 19.4. The van der Waals surface area contributed by atoms with E-state index in [-0.39, 0.29) is 5.70 Å². The molecule has 6 heteroatoms. The molecule has 18 heavy (non-hydrogen) atoms. The quantitative estimate of drug-likeness (QED) is 0.674. The van der Waals surface area contributed by atoms with E-state index >= 15 is 0 Å². The predicted octanol–water partition coefficient (Wildman–Crippen LogP) is 2.70. The Bertz CT molecular complexity index is 536. The van der Waals surface area contributed by atoms with Gasteiger partial charge in [-0.1, -0.05) is 6.08 Å². The molecule has 0 aromatic heterocycles. The van der Waals surface area contributed by atoms with Crippen molar-refractivity contribution in [2.75, 3.05) is 0 Å². The number of rotatable bonds is 1. The van der Waals surface area contributed by atoms with Crippen LogP contribution >= 0.6 is 0 Å². The van der Waals surface area contributed by atoms with Crippen molar-refractivity contribution in [2.24, 2.45) is 4.99 Å². The Labute approximate surface area is 101 Å². The number of allylic oxidation sites excluding steroid dienone is 4. The number of hydrogen-bond donors (Lipinski definition) is 0. The van der Waals surface area contributed by atoms with Crippen molar-refractivity contribution >= 4 is 11.6 Å². The number of amidine groups is 1. The molecule has 0 fully saturated rings. The summed E-state index contributed by atoms with van der Waals surface area (Å²) in [5, 5.41) is 0. The molecule has 0 aromatic carbocycles. The average molecular weight is 254 g/mol. The molecular weight excluding hydrogens is 245 g/mol. The smallest absolute Gasteiger partial charge is 0.308 e. The summed E-state index contributed by atoms with van der Waals surface area (Å²) in [6.07, 6.45) is 3.86. The van der Waals surface area contributed by atoms with Gasteiger partial charge in [0.15, 0.2) is 0 Å². The molecule has 94 valence electrons. The Morgan fingerprint density at radius 2 is 2.11 bits per heavy atom. The topological polar surface area (TPSA) is 32.7 Å². The zero-order valence-corrected chi connectivity index (χ0v) is 9.40. The third-order valence-electron chi connectivity index (χ3n) is 2.39. The number of fused-ring (bicyclic) bond motifs is 1. The molecule has 0 spiro atoms. The van der Waals surface area contributed by atoms with E-state index in [1.807, 2.05) is 0 Å². The zero-order valence-electron chi connectivity index (χ0n) is 9.40. The van der Waals surface area contributed by atoms with Gasteiger partial charge < -0.3 is 4.90 Å². The van der Waals surface area contributed by atoms with Crippen molar-refractivity contribution in [1.29, 1.82) is 0 Å². The van der Waals surface area contributed by atoms with Crippen molar-refractivity contribution in [3.63, 3.8) is 0 Å². The SMILES string of the molecule is CC1=CC=CN2C=C/C(=C/C(=O)C(F)(F)F)N=C12. The van der Waals surface area contributed by atoms with Crippen LogP contribution in [0.3, 0.4) is 0 Å². The van der Waals surface area contributed by atoms with E-state index in [0.29, 0.717) is 11.9 Å². The molecule has 0 aliphatic carbocycles. The van der Waals surface area contributed by atoms with Crippen LogP contribution in [0.1, 0.15) is 6.92 Å². The highest BCUT2D eigenvalue weighted by Gasteiger charge is 2.36. The van der Waals surface area contributed by atoms with Crippen LogP contribution in [-0.4, -0.2) is 22.7 Å². The normalized spacial score (nSPS) is 20.7. The van der Waals surface area contributed by atoms with Gasteiger partial charge in [-0.05, 0) is 24.6 Å².